The van der Waals surface area contributed by atoms with Crippen LogP contribution in [0.15, 0.2) is 22.7 Å². The van der Waals surface area contributed by atoms with Gasteiger partial charge in [0.2, 0.25) is 0 Å². The molecule has 17 heavy (non-hydrogen) atoms. The Morgan fingerprint density at radius 1 is 1.24 bits per heavy atom. The summed E-state index contributed by atoms with van der Waals surface area (Å²) >= 11 is 3.47. The standard InChI is InChI=1S/C14H22BrNO/c1-4-6-11(7-5-2)16-12-8-9-13(15)14(10-12)17-3/h8-11,16H,4-7H2,1-3H3. The zero-order valence-corrected chi connectivity index (χ0v) is 12.5. The predicted octanol–water partition coefficient (Wildman–Crippen LogP) is 4.84. The molecule has 0 saturated heterocycles. The van der Waals surface area contributed by atoms with Gasteiger partial charge in [0.15, 0.2) is 0 Å². The van der Waals surface area contributed by atoms with Crippen LogP contribution in [-0.2, 0) is 0 Å². The Kier molecular flexibility index (Phi) is 6.41. The quantitative estimate of drug-likeness (QED) is 0.778. The summed E-state index contributed by atoms with van der Waals surface area (Å²) < 4.78 is 6.29. The van der Waals surface area contributed by atoms with Crippen molar-refractivity contribution in [2.75, 3.05) is 12.4 Å². The van der Waals surface area contributed by atoms with Gasteiger partial charge in [0.05, 0.1) is 11.6 Å². The summed E-state index contributed by atoms with van der Waals surface area (Å²) in [5, 5.41) is 3.58. The highest BCUT2D eigenvalue weighted by Crippen LogP contribution is 2.28. The molecule has 0 aliphatic rings. The van der Waals surface area contributed by atoms with Crippen LogP contribution in [0.4, 0.5) is 5.69 Å². The molecule has 0 aliphatic heterocycles. The van der Waals surface area contributed by atoms with Crippen LogP contribution < -0.4 is 10.1 Å². The van der Waals surface area contributed by atoms with Gasteiger partial charge in [0.1, 0.15) is 5.75 Å². The van der Waals surface area contributed by atoms with Gasteiger partial charge in [-0.2, -0.15) is 0 Å². The molecule has 1 aromatic carbocycles. The van der Waals surface area contributed by atoms with E-state index < -0.39 is 0 Å². The van der Waals surface area contributed by atoms with Crippen LogP contribution >= 0.6 is 15.9 Å². The SMILES string of the molecule is CCCC(CCC)Nc1ccc(Br)c(OC)c1. The molecular formula is C14H22BrNO. The highest BCUT2D eigenvalue weighted by molar-refractivity contribution is 9.10. The van der Waals surface area contributed by atoms with Gasteiger partial charge in [-0.05, 0) is 40.9 Å². The largest absolute Gasteiger partial charge is 0.495 e. The molecule has 3 heteroatoms. The van der Waals surface area contributed by atoms with Crippen molar-refractivity contribution in [3.05, 3.63) is 22.7 Å². The van der Waals surface area contributed by atoms with Gasteiger partial charge in [-0.3, -0.25) is 0 Å². The van der Waals surface area contributed by atoms with Crippen molar-refractivity contribution in [3.63, 3.8) is 0 Å². The summed E-state index contributed by atoms with van der Waals surface area (Å²) in [4.78, 5) is 0. The molecule has 2 nitrogen and oxygen atoms in total. The monoisotopic (exact) mass is 299 g/mol. The van der Waals surface area contributed by atoms with E-state index in [1.54, 1.807) is 7.11 Å². The number of nitrogens with one attached hydrogen (secondary N) is 1. The van der Waals surface area contributed by atoms with E-state index in [1.807, 2.05) is 12.1 Å². The van der Waals surface area contributed by atoms with Gasteiger partial charge in [0.25, 0.3) is 0 Å². The van der Waals surface area contributed by atoms with Crippen LogP contribution in [0.2, 0.25) is 0 Å². The van der Waals surface area contributed by atoms with Crippen molar-refractivity contribution >= 4 is 21.6 Å². The van der Waals surface area contributed by atoms with Crippen LogP contribution in [0.1, 0.15) is 39.5 Å². The fourth-order valence-corrected chi connectivity index (χ4v) is 2.38. The van der Waals surface area contributed by atoms with E-state index >= 15 is 0 Å². The average Bonchev–Trinajstić information content (AvgIpc) is 2.32. The fourth-order valence-electron chi connectivity index (χ4n) is 1.97. The minimum absolute atomic E-state index is 0.566. The predicted molar refractivity (Wildman–Crippen MR) is 77.9 cm³/mol. The van der Waals surface area contributed by atoms with Gasteiger partial charge >= 0.3 is 0 Å². The molecule has 0 bridgehead atoms. The molecule has 0 unspecified atom stereocenters. The summed E-state index contributed by atoms with van der Waals surface area (Å²) in [6, 6.07) is 6.72. The first-order valence-electron chi connectivity index (χ1n) is 6.31. The molecule has 0 heterocycles. The Balaban J connectivity index is 2.71. The van der Waals surface area contributed by atoms with E-state index in [4.69, 9.17) is 4.74 Å². The summed E-state index contributed by atoms with van der Waals surface area (Å²) in [7, 11) is 1.69. The number of hydrogen-bond donors (Lipinski definition) is 1. The number of benzene rings is 1. The Morgan fingerprint density at radius 3 is 2.41 bits per heavy atom. The molecule has 0 aliphatic carbocycles. The zero-order chi connectivity index (χ0) is 12.7. The Morgan fingerprint density at radius 2 is 1.88 bits per heavy atom. The second-order valence-corrected chi connectivity index (χ2v) is 5.12. The highest BCUT2D eigenvalue weighted by atomic mass is 79.9. The zero-order valence-electron chi connectivity index (χ0n) is 10.9. The molecule has 0 radical (unpaired) electrons. The lowest BCUT2D eigenvalue weighted by atomic mass is 10.1. The van der Waals surface area contributed by atoms with Crippen molar-refractivity contribution in [2.45, 2.75) is 45.6 Å². The molecular weight excluding hydrogens is 278 g/mol. The molecule has 0 saturated carbocycles. The molecule has 0 aromatic heterocycles. The normalized spacial score (nSPS) is 10.6. The summed E-state index contributed by atoms with van der Waals surface area (Å²) in [5.74, 6) is 0.877. The van der Waals surface area contributed by atoms with E-state index in [0.29, 0.717) is 6.04 Å². The van der Waals surface area contributed by atoms with E-state index in [0.717, 1.165) is 15.9 Å². The number of hydrogen-bond acceptors (Lipinski definition) is 2. The topological polar surface area (TPSA) is 21.3 Å². The van der Waals surface area contributed by atoms with Crippen molar-refractivity contribution in [3.8, 4) is 5.75 Å². The Labute approximate surface area is 113 Å². The summed E-state index contributed by atoms with van der Waals surface area (Å²) in [6.45, 7) is 4.46. The van der Waals surface area contributed by atoms with E-state index in [-0.39, 0.29) is 0 Å². The van der Waals surface area contributed by atoms with Crippen LogP contribution in [0.25, 0.3) is 0 Å². The highest BCUT2D eigenvalue weighted by Gasteiger charge is 2.08. The molecule has 96 valence electrons. The average molecular weight is 300 g/mol. The lowest BCUT2D eigenvalue weighted by molar-refractivity contribution is 0.412. The number of ether oxygens (including phenoxy) is 1. The first-order chi connectivity index (χ1) is 8.21. The third-order valence-corrected chi connectivity index (χ3v) is 3.45. The molecule has 1 aromatic rings. The van der Waals surface area contributed by atoms with Crippen molar-refractivity contribution in [1.82, 2.24) is 0 Å². The molecule has 0 fully saturated rings. The van der Waals surface area contributed by atoms with Crippen LogP contribution in [-0.4, -0.2) is 13.2 Å². The Bertz CT molecular complexity index is 335. The first kappa shape index (κ1) is 14.4. The van der Waals surface area contributed by atoms with Crippen molar-refractivity contribution in [1.29, 1.82) is 0 Å². The molecule has 0 amide bonds. The number of rotatable bonds is 7. The second-order valence-electron chi connectivity index (χ2n) is 4.27. The van der Waals surface area contributed by atoms with Crippen LogP contribution in [0.3, 0.4) is 0 Å². The first-order valence-corrected chi connectivity index (χ1v) is 7.10. The lowest BCUT2D eigenvalue weighted by Gasteiger charge is -2.19. The molecule has 0 spiro atoms. The van der Waals surface area contributed by atoms with E-state index in [1.165, 1.54) is 25.7 Å². The summed E-state index contributed by atoms with van der Waals surface area (Å²) in [5.41, 5.74) is 1.14. The minimum atomic E-state index is 0.566. The minimum Gasteiger partial charge on any atom is -0.495 e. The third kappa shape index (κ3) is 4.58. The molecule has 1 rings (SSSR count). The maximum Gasteiger partial charge on any atom is 0.135 e. The van der Waals surface area contributed by atoms with Gasteiger partial charge in [-0.1, -0.05) is 26.7 Å². The fraction of sp³-hybridized carbons (Fsp3) is 0.571. The Hall–Kier alpha value is -0.700. The van der Waals surface area contributed by atoms with Crippen LogP contribution in [0, 0.1) is 0 Å². The van der Waals surface area contributed by atoms with Crippen LogP contribution in [0.5, 0.6) is 5.75 Å². The van der Waals surface area contributed by atoms with Gasteiger partial charge in [-0.25, -0.2) is 0 Å². The molecule has 0 atom stereocenters. The van der Waals surface area contributed by atoms with E-state index in [2.05, 4.69) is 41.2 Å². The maximum atomic E-state index is 5.30. The molecule has 1 N–H and O–H groups in total. The van der Waals surface area contributed by atoms with Crippen molar-refractivity contribution in [2.24, 2.45) is 0 Å². The van der Waals surface area contributed by atoms with Gasteiger partial charge < -0.3 is 10.1 Å². The summed E-state index contributed by atoms with van der Waals surface area (Å²) in [6.07, 6.45) is 4.86. The van der Waals surface area contributed by atoms with E-state index in [9.17, 15) is 0 Å². The number of halogens is 1. The van der Waals surface area contributed by atoms with Crippen molar-refractivity contribution < 1.29 is 4.74 Å². The second kappa shape index (κ2) is 7.59. The third-order valence-electron chi connectivity index (χ3n) is 2.80. The lowest BCUT2D eigenvalue weighted by Crippen LogP contribution is -2.18. The maximum absolute atomic E-state index is 5.30. The van der Waals surface area contributed by atoms with Gasteiger partial charge in [-0.15, -0.1) is 0 Å². The smallest absolute Gasteiger partial charge is 0.135 e. The number of methoxy groups -OCH3 is 1. The number of anilines is 1. The van der Waals surface area contributed by atoms with Gasteiger partial charge in [0, 0.05) is 17.8 Å².